The van der Waals surface area contributed by atoms with Crippen LogP contribution in [0.15, 0.2) is 27.6 Å². The van der Waals surface area contributed by atoms with Gasteiger partial charge in [-0.15, -0.1) is 0 Å². The highest BCUT2D eigenvalue weighted by atomic mass is 16.5. The van der Waals surface area contributed by atoms with Gasteiger partial charge in [-0.3, -0.25) is 4.79 Å². The van der Waals surface area contributed by atoms with Crippen molar-refractivity contribution < 1.29 is 39.8 Å². The Morgan fingerprint density at radius 3 is 2.46 bits per heavy atom. The minimum absolute atomic E-state index is 0.0779. The molecule has 1 fully saturated rings. The maximum Gasteiger partial charge on any atom is 0.196 e. The first-order valence-electron chi connectivity index (χ1n) is 7.13. The first kappa shape index (κ1) is 16.7. The Labute approximate surface area is 134 Å². The van der Waals surface area contributed by atoms with E-state index in [9.17, 15) is 35.4 Å². The van der Waals surface area contributed by atoms with Crippen LogP contribution in [0.25, 0.3) is 11.0 Å². The van der Waals surface area contributed by atoms with Crippen LogP contribution in [0.3, 0.4) is 0 Å². The van der Waals surface area contributed by atoms with Gasteiger partial charge in [-0.1, -0.05) is 0 Å². The summed E-state index contributed by atoms with van der Waals surface area (Å²) in [5.41, 5.74) is -1.01. The molecule has 0 spiro atoms. The first-order valence-corrected chi connectivity index (χ1v) is 7.13. The molecule has 5 atom stereocenters. The zero-order chi connectivity index (χ0) is 17.6. The molecule has 130 valence electrons. The summed E-state index contributed by atoms with van der Waals surface area (Å²) in [5, 5.41) is 59.3. The molecule has 0 radical (unpaired) electrons. The molecular formula is C15H16O9. The second-order valence-electron chi connectivity index (χ2n) is 5.57. The third-order valence-electron chi connectivity index (χ3n) is 4.12. The van der Waals surface area contributed by atoms with E-state index in [1.807, 2.05) is 0 Å². The van der Waals surface area contributed by atoms with Crippen LogP contribution in [-0.4, -0.2) is 61.7 Å². The summed E-state index contributed by atoms with van der Waals surface area (Å²) >= 11 is 0. The van der Waals surface area contributed by atoms with Crippen LogP contribution in [0.1, 0.15) is 11.7 Å². The standard InChI is InChI=1S/C15H16O9/c16-4-8-11(19)13(21)14(22)15(24-8)10-6(18)3-7-9(12(10)20)5(17)1-2-23-7/h1-3,8,11,13-16,18-22H,4H2/t8-,11-,13+,14+,15+/m1/s1. The minimum Gasteiger partial charge on any atom is -0.507 e. The molecular weight excluding hydrogens is 324 g/mol. The van der Waals surface area contributed by atoms with Crippen LogP contribution >= 0.6 is 0 Å². The summed E-state index contributed by atoms with van der Waals surface area (Å²) in [6.45, 7) is -0.668. The van der Waals surface area contributed by atoms with E-state index in [-0.39, 0.29) is 16.5 Å². The third-order valence-corrected chi connectivity index (χ3v) is 4.12. The maximum absolute atomic E-state index is 11.9. The van der Waals surface area contributed by atoms with Gasteiger partial charge in [0, 0.05) is 12.1 Å². The number of aromatic hydroxyl groups is 2. The summed E-state index contributed by atoms with van der Waals surface area (Å²) in [4.78, 5) is 11.9. The number of phenolic OH excluding ortho intramolecular Hbond substituents is 2. The second-order valence-corrected chi connectivity index (χ2v) is 5.57. The Balaban J connectivity index is 2.18. The zero-order valence-corrected chi connectivity index (χ0v) is 12.2. The van der Waals surface area contributed by atoms with Gasteiger partial charge >= 0.3 is 0 Å². The normalized spacial score (nSPS) is 30.6. The van der Waals surface area contributed by atoms with Gasteiger partial charge in [0.2, 0.25) is 0 Å². The Hall–Kier alpha value is -2.17. The number of rotatable bonds is 2. The molecule has 9 heteroatoms. The molecule has 6 N–H and O–H groups in total. The second kappa shape index (κ2) is 6.04. The van der Waals surface area contributed by atoms with Crippen molar-refractivity contribution in [2.75, 3.05) is 6.61 Å². The number of fused-ring (bicyclic) bond motifs is 1. The molecule has 0 unspecified atom stereocenters. The quantitative estimate of drug-likeness (QED) is 0.391. The molecule has 1 aromatic carbocycles. The number of hydrogen-bond acceptors (Lipinski definition) is 9. The highest BCUT2D eigenvalue weighted by molar-refractivity contribution is 5.86. The predicted molar refractivity (Wildman–Crippen MR) is 78.5 cm³/mol. The fourth-order valence-corrected chi connectivity index (χ4v) is 2.85. The van der Waals surface area contributed by atoms with Crippen molar-refractivity contribution in [3.8, 4) is 11.5 Å². The molecule has 0 saturated carbocycles. The largest absolute Gasteiger partial charge is 0.507 e. The number of benzene rings is 1. The van der Waals surface area contributed by atoms with Crippen LogP contribution in [0.2, 0.25) is 0 Å². The van der Waals surface area contributed by atoms with E-state index in [1.165, 1.54) is 0 Å². The smallest absolute Gasteiger partial charge is 0.196 e. The van der Waals surface area contributed by atoms with Gasteiger partial charge in [-0.25, -0.2) is 0 Å². The average Bonchev–Trinajstić information content (AvgIpc) is 2.54. The van der Waals surface area contributed by atoms with Crippen molar-refractivity contribution in [3.63, 3.8) is 0 Å². The van der Waals surface area contributed by atoms with Crippen LogP contribution in [0.4, 0.5) is 0 Å². The summed E-state index contributed by atoms with van der Waals surface area (Å²) in [5.74, 6) is -1.22. The van der Waals surface area contributed by atoms with Crippen molar-refractivity contribution in [1.29, 1.82) is 0 Å². The third kappa shape index (κ3) is 2.43. The summed E-state index contributed by atoms with van der Waals surface area (Å²) in [6.07, 6.45) is -6.61. The van der Waals surface area contributed by atoms with Crippen molar-refractivity contribution in [3.05, 3.63) is 34.2 Å². The van der Waals surface area contributed by atoms with Crippen LogP contribution in [0, 0.1) is 0 Å². The van der Waals surface area contributed by atoms with Crippen molar-refractivity contribution in [1.82, 2.24) is 0 Å². The monoisotopic (exact) mass is 340 g/mol. The summed E-state index contributed by atoms with van der Waals surface area (Å²) < 4.78 is 10.4. The number of phenols is 2. The van der Waals surface area contributed by atoms with E-state index < -0.39 is 54.1 Å². The zero-order valence-electron chi connectivity index (χ0n) is 12.2. The lowest BCUT2D eigenvalue weighted by molar-refractivity contribution is -0.232. The van der Waals surface area contributed by atoms with Gasteiger partial charge in [0.15, 0.2) is 5.43 Å². The van der Waals surface area contributed by atoms with E-state index in [1.54, 1.807) is 0 Å². The molecule has 2 aromatic rings. The SMILES string of the molecule is O=c1ccoc2cc(O)c([C@@H]3O[C@H](CO)[C@@H](O)[C@H](O)[C@@H]3O)c(O)c12. The number of aliphatic hydroxyl groups excluding tert-OH is 4. The number of ether oxygens (including phenoxy) is 1. The van der Waals surface area contributed by atoms with Gasteiger partial charge in [0.25, 0.3) is 0 Å². The van der Waals surface area contributed by atoms with E-state index in [0.29, 0.717) is 0 Å². The molecule has 2 heterocycles. The fourth-order valence-electron chi connectivity index (χ4n) is 2.85. The van der Waals surface area contributed by atoms with Gasteiger partial charge in [-0.2, -0.15) is 0 Å². The lowest BCUT2D eigenvalue weighted by Gasteiger charge is -2.40. The highest BCUT2D eigenvalue weighted by Crippen LogP contribution is 2.43. The van der Waals surface area contributed by atoms with Crippen LogP contribution in [0.5, 0.6) is 11.5 Å². The van der Waals surface area contributed by atoms with Gasteiger partial charge in [0.1, 0.15) is 53.0 Å². The summed E-state index contributed by atoms with van der Waals surface area (Å²) in [6, 6.07) is 2.13. The van der Waals surface area contributed by atoms with Crippen LogP contribution < -0.4 is 5.43 Å². The van der Waals surface area contributed by atoms with Crippen molar-refractivity contribution in [2.24, 2.45) is 0 Å². The fraction of sp³-hybridized carbons (Fsp3) is 0.400. The molecule has 9 nitrogen and oxygen atoms in total. The van der Waals surface area contributed by atoms with E-state index in [0.717, 1.165) is 18.4 Å². The topological polar surface area (TPSA) is 161 Å². The Morgan fingerprint density at radius 1 is 1.08 bits per heavy atom. The number of hydrogen-bond donors (Lipinski definition) is 6. The van der Waals surface area contributed by atoms with Gasteiger partial charge in [0.05, 0.1) is 18.4 Å². The highest BCUT2D eigenvalue weighted by Gasteiger charge is 2.46. The lowest BCUT2D eigenvalue weighted by Crippen LogP contribution is -2.55. The van der Waals surface area contributed by atoms with Gasteiger partial charge < -0.3 is 39.8 Å². The lowest BCUT2D eigenvalue weighted by atomic mass is 9.89. The summed E-state index contributed by atoms with van der Waals surface area (Å²) in [7, 11) is 0. The first-order chi connectivity index (χ1) is 11.4. The van der Waals surface area contributed by atoms with Gasteiger partial charge in [-0.05, 0) is 0 Å². The maximum atomic E-state index is 11.9. The predicted octanol–water partition coefficient (Wildman–Crippen LogP) is -1.28. The molecule has 1 aliphatic heterocycles. The molecule has 0 aliphatic carbocycles. The average molecular weight is 340 g/mol. The Kier molecular flexibility index (Phi) is 4.20. The molecule has 1 aliphatic rings. The molecule has 24 heavy (non-hydrogen) atoms. The van der Waals surface area contributed by atoms with Crippen molar-refractivity contribution in [2.45, 2.75) is 30.5 Å². The number of aliphatic hydroxyl groups is 4. The van der Waals surface area contributed by atoms with E-state index in [2.05, 4.69) is 0 Å². The molecule has 0 amide bonds. The Bertz CT molecular complexity index is 812. The van der Waals surface area contributed by atoms with E-state index >= 15 is 0 Å². The Morgan fingerprint density at radius 2 is 1.79 bits per heavy atom. The van der Waals surface area contributed by atoms with Crippen LogP contribution in [-0.2, 0) is 4.74 Å². The molecule has 3 rings (SSSR count). The van der Waals surface area contributed by atoms with E-state index in [4.69, 9.17) is 9.15 Å². The molecule has 0 bridgehead atoms. The van der Waals surface area contributed by atoms with Crippen molar-refractivity contribution >= 4 is 11.0 Å². The molecule has 1 aromatic heterocycles. The molecule has 1 saturated heterocycles. The minimum atomic E-state index is -1.71.